The molecule has 1 aromatic carbocycles. The highest BCUT2D eigenvalue weighted by atomic mass is 19.3. The van der Waals surface area contributed by atoms with Gasteiger partial charge in [0.05, 0.1) is 26.4 Å². The number of ether oxygens (including phenoxy) is 5. The lowest BCUT2D eigenvalue weighted by molar-refractivity contribution is -0.217. The topological polar surface area (TPSA) is 46.2 Å². The van der Waals surface area contributed by atoms with Crippen LogP contribution in [0.1, 0.15) is 31.6 Å². The fourth-order valence-electron chi connectivity index (χ4n) is 3.30. The molecule has 9 heteroatoms. The van der Waals surface area contributed by atoms with Gasteiger partial charge in [-0.3, -0.25) is 0 Å². The molecule has 0 N–H and O–H groups in total. The van der Waals surface area contributed by atoms with Gasteiger partial charge in [0.25, 0.3) is 0 Å². The lowest BCUT2D eigenvalue weighted by Gasteiger charge is -2.32. The van der Waals surface area contributed by atoms with Gasteiger partial charge in [-0.2, -0.15) is 8.78 Å². The molecule has 0 atom stereocenters. The third-order valence-electron chi connectivity index (χ3n) is 4.73. The molecule has 0 aliphatic carbocycles. The average Bonchev–Trinajstić information content (AvgIpc) is 2.70. The van der Waals surface area contributed by atoms with Crippen molar-refractivity contribution in [3.05, 3.63) is 41.5 Å². The van der Waals surface area contributed by atoms with Crippen molar-refractivity contribution in [2.45, 2.75) is 39.0 Å². The average molecular weight is 420 g/mol. The standard InChI is InChI=1S/C20H24F4O5/c1-2-3-12-8-25-17(26-9-12)5-4-13-10-27-19(28-11-13)14-6-15(21)18(16(22)7-14)29-20(23)24/h2-3,6-7,12-13,17,19-20H,4-5,8-11H2,1H3/t12-,13-,17-,19-. The van der Waals surface area contributed by atoms with Crippen LogP contribution in [-0.4, -0.2) is 39.3 Å². The summed E-state index contributed by atoms with van der Waals surface area (Å²) < 4.78 is 78.5. The van der Waals surface area contributed by atoms with Crippen molar-refractivity contribution in [3.63, 3.8) is 0 Å². The predicted molar refractivity (Wildman–Crippen MR) is 94.4 cm³/mol. The first-order valence-electron chi connectivity index (χ1n) is 9.49. The van der Waals surface area contributed by atoms with Crippen LogP contribution in [0.2, 0.25) is 0 Å². The van der Waals surface area contributed by atoms with Gasteiger partial charge < -0.3 is 23.7 Å². The fraction of sp³-hybridized carbons (Fsp3) is 0.600. The molecule has 0 amide bonds. The molecule has 2 heterocycles. The highest BCUT2D eigenvalue weighted by molar-refractivity contribution is 5.32. The number of allylic oxidation sites excluding steroid dienone is 1. The Bertz CT molecular complexity index is 660. The Morgan fingerprint density at radius 1 is 1.00 bits per heavy atom. The summed E-state index contributed by atoms with van der Waals surface area (Å²) >= 11 is 0. The Hall–Kier alpha value is -1.68. The summed E-state index contributed by atoms with van der Waals surface area (Å²) in [6.07, 6.45) is 4.22. The molecular weight excluding hydrogens is 396 g/mol. The molecule has 3 rings (SSSR count). The third-order valence-corrected chi connectivity index (χ3v) is 4.73. The van der Waals surface area contributed by atoms with Gasteiger partial charge in [-0.15, -0.1) is 0 Å². The van der Waals surface area contributed by atoms with Crippen LogP contribution < -0.4 is 4.74 Å². The molecule has 2 aliphatic rings. The molecule has 0 unspecified atom stereocenters. The van der Waals surface area contributed by atoms with Gasteiger partial charge in [-0.25, -0.2) is 8.78 Å². The van der Waals surface area contributed by atoms with Gasteiger partial charge in [-0.05, 0) is 31.9 Å². The highest BCUT2D eigenvalue weighted by Crippen LogP contribution is 2.32. The molecule has 0 saturated carbocycles. The van der Waals surface area contributed by atoms with E-state index in [-0.39, 0.29) is 23.7 Å². The van der Waals surface area contributed by atoms with Gasteiger partial charge in [0.1, 0.15) is 0 Å². The second kappa shape index (κ2) is 10.4. The first-order chi connectivity index (χ1) is 14.0. The summed E-state index contributed by atoms with van der Waals surface area (Å²) in [6.45, 7) is 0.540. The van der Waals surface area contributed by atoms with Crippen LogP contribution in [-0.2, 0) is 18.9 Å². The maximum atomic E-state index is 13.9. The minimum atomic E-state index is -3.32. The predicted octanol–water partition coefficient (Wildman–Crippen LogP) is 4.57. The Morgan fingerprint density at radius 3 is 2.17 bits per heavy atom. The lowest BCUT2D eigenvalue weighted by Crippen LogP contribution is -2.33. The number of halogens is 4. The van der Waals surface area contributed by atoms with Crippen LogP contribution in [0, 0.1) is 23.5 Å². The van der Waals surface area contributed by atoms with E-state index in [0.29, 0.717) is 32.8 Å². The van der Waals surface area contributed by atoms with Gasteiger partial charge in [-0.1, -0.05) is 12.2 Å². The van der Waals surface area contributed by atoms with Gasteiger partial charge >= 0.3 is 6.61 Å². The molecule has 1 aromatic rings. The summed E-state index contributed by atoms with van der Waals surface area (Å²) in [5.74, 6) is -3.24. The third kappa shape index (κ3) is 6.15. The molecule has 0 spiro atoms. The minimum absolute atomic E-state index is 0.0639. The summed E-state index contributed by atoms with van der Waals surface area (Å²) in [5, 5.41) is 0. The first kappa shape index (κ1) is 22.0. The molecule has 29 heavy (non-hydrogen) atoms. The quantitative estimate of drug-likeness (QED) is 0.478. The van der Waals surface area contributed by atoms with E-state index >= 15 is 0 Å². The zero-order chi connectivity index (χ0) is 20.8. The largest absolute Gasteiger partial charge is 0.429 e. The normalized spacial score (nSPS) is 28.2. The van der Waals surface area contributed by atoms with Crippen LogP contribution in [0.15, 0.2) is 24.3 Å². The number of alkyl halides is 2. The van der Waals surface area contributed by atoms with Crippen LogP contribution in [0.25, 0.3) is 0 Å². The highest BCUT2D eigenvalue weighted by Gasteiger charge is 2.28. The molecule has 0 aromatic heterocycles. The number of hydrogen-bond acceptors (Lipinski definition) is 5. The summed E-state index contributed by atoms with van der Waals surface area (Å²) in [5.41, 5.74) is 0.0639. The Labute approximate surface area is 166 Å². The van der Waals surface area contributed by atoms with Crippen LogP contribution >= 0.6 is 0 Å². The van der Waals surface area contributed by atoms with Crippen LogP contribution in [0.3, 0.4) is 0 Å². The van der Waals surface area contributed by atoms with Crippen molar-refractivity contribution in [3.8, 4) is 5.75 Å². The first-order valence-corrected chi connectivity index (χ1v) is 9.49. The number of benzene rings is 1. The van der Waals surface area contributed by atoms with Gasteiger partial charge in [0.15, 0.2) is 30.0 Å². The lowest BCUT2D eigenvalue weighted by atomic mass is 10.0. The van der Waals surface area contributed by atoms with Crippen molar-refractivity contribution in [1.82, 2.24) is 0 Å². The van der Waals surface area contributed by atoms with E-state index in [1.807, 2.05) is 13.0 Å². The van der Waals surface area contributed by atoms with Gasteiger partial charge in [0.2, 0.25) is 0 Å². The van der Waals surface area contributed by atoms with Crippen molar-refractivity contribution in [1.29, 1.82) is 0 Å². The summed E-state index contributed by atoms with van der Waals surface area (Å²) in [7, 11) is 0. The molecule has 0 radical (unpaired) electrons. The maximum absolute atomic E-state index is 13.9. The number of rotatable bonds is 7. The van der Waals surface area contributed by atoms with Crippen LogP contribution in [0.4, 0.5) is 17.6 Å². The second-order valence-corrected chi connectivity index (χ2v) is 7.02. The van der Waals surface area contributed by atoms with E-state index in [4.69, 9.17) is 18.9 Å². The smallest absolute Gasteiger partial charge is 0.387 e. The van der Waals surface area contributed by atoms with Crippen molar-refractivity contribution in [2.75, 3.05) is 26.4 Å². The minimum Gasteiger partial charge on any atom is -0.429 e. The zero-order valence-electron chi connectivity index (χ0n) is 16.0. The molecule has 2 aliphatic heterocycles. The van der Waals surface area contributed by atoms with E-state index in [1.54, 1.807) is 0 Å². The molecule has 0 bridgehead atoms. The summed E-state index contributed by atoms with van der Waals surface area (Å²) in [4.78, 5) is 0. The Balaban J connectivity index is 1.45. The fourth-order valence-corrected chi connectivity index (χ4v) is 3.30. The zero-order valence-corrected chi connectivity index (χ0v) is 16.0. The van der Waals surface area contributed by atoms with Crippen molar-refractivity contribution in [2.24, 2.45) is 11.8 Å². The van der Waals surface area contributed by atoms with E-state index in [2.05, 4.69) is 10.8 Å². The van der Waals surface area contributed by atoms with E-state index in [1.165, 1.54) is 0 Å². The molecule has 5 nitrogen and oxygen atoms in total. The molecule has 2 fully saturated rings. The van der Waals surface area contributed by atoms with Crippen LogP contribution in [0.5, 0.6) is 5.75 Å². The molecule has 162 valence electrons. The SMILES string of the molecule is CC=C[C@H]1CO[C@H](CC[C@H]2CO[C@H](c3cc(F)c(OC(F)F)c(F)c3)OC2)OC1. The van der Waals surface area contributed by atoms with Crippen molar-refractivity contribution < 1.29 is 41.2 Å². The maximum Gasteiger partial charge on any atom is 0.387 e. The monoisotopic (exact) mass is 420 g/mol. The van der Waals surface area contributed by atoms with E-state index < -0.39 is 30.3 Å². The van der Waals surface area contributed by atoms with Gasteiger partial charge in [0, 0.05) is 17.4 Å². The molecular formula is C20H24F4O5. The number of hydrogen-bond donors (Lipinski definition) is 0. The second-order valence-electron chi connectivity index (χ2n) is 7.02. The Morgan fingerprint density at radius 2 is 1.62 bits per heavy atom. The van der Waals surface area contributed by atoms with Crippen molar-refractivity contribution >= 4 is 0 Å². The summed E-state index contributed by atoms with van der Waals surface area (Å²) in [6, 6.07) is 1.74. The molecule has 2 saturated heterocycles. The Kier molecular flexibility index (Phi) is 7.88. The van der Waals surface area contributed by atoms with E-state index in [0.717, 1.165) is 18.6 Å². The van der Waals surface area contributed by atoms with E-state index in [9.17, 15) is 17.6 Å².